The van der Waals surface area contributed by atoms with Crippen molar-refractivity contribution in [3.63, 3.8) is 0 Å². The number of alkyl halides is 2. The number of primary amides is 1. The molecule has 2 aromatic carbocycles. The van der Waals surface area contributed by atoms with Gasteiger partial charge in [0, 0.05) is 6.42 Å². The van der Waals surface area contributed by atoms with Crippen LogP contribution in [0.2, 0.25) is 0 Å². The average Bonchev–Trinajstić information content (AvgIpc) is 2.81. The number of esters is 1. The zero-order chi connectivity index (χ0) is 25.3. The summed E-state index contributed by atoms with van der Waals surface area (Å²) in [5, 5.41) is 0. The normalized spacial score (nSPS) is 11.0. The van der Waals surface area contributed by atoms with E-state index in [0.29, 0.717) is 41.6 Å². The Kier molecular flexibility index (Phi) is 10.1. The maximum absolute atomic E-state index is 12.3. The molecule has 0 bridgehead atoms. The van der Waals surface area contributed by atoms with Crippen LogP contribution in [0.25, 0.3) is 0 Å². The molecule has 1 amide bonds. The van der Waals surface area contributed by atoms with Crippen molar-refractivity contribution < 1.29 is 33.3 Å². The Morgan fingerprint density at radius 1 is 0.824 bits per heavy atom. The second-order valence-corrected chi connectivity index (χ2v) is 8.90. The van der Waals surface area contributed by atoms with Crippen LogP contribution >= 0.6 is 23.2 Å². The lowest BCUT2D eigenvalue weighted by molar-refractivity contribution is -0.134. The molecule has 8 nitrogen and oxygen atoms in total. The van der Waals surface area contributed by atoms with Crippen LogP contribution in [0.1, 0.15) is 30.4 Å². The number of hydrogen-bond acceptors (Lipinski definition) is 7. The molecule has 0 radical (unpaired) electrons. The van der Waals surface area contributed by atoms with Gasteiger partial charge in [-0.2, -0.15) is 0 Å². The molecule has 10 heteroatoms. The standard InChI is InChI=1S/C24H29Cl2NO7/c1-30-17-10-9-15(7-8-16-13-19(31-2)22(33-4)20(14-16)32-3)12-18(17)34-21(28)6-5-11-24(25,26)23(27)29/h9-10,12-14H,5-8,11H2,1-4H3,(H2,27,29). The van der Waals surface area contributed by atoms with Crippen molar-refractivity contribution in [3.05, 3.63) is 41.5 Å². The minimum Gasteiger partial charge on any atom is -0.493 e. The van der Waals surface area contributed by atoms with E-state index in [0.717, 1.165) is 11.1 Å². The smallest absolute Gasteiger partial charge is 0.311 e. The second kappa shape index (κ2) is 12.6. The van der Waals surface area contributed by atoms with Crippen molar-refractivity contribution in [2.45, 2.75) is 36.4 Å². The number of benzene rings is 2. The molecule has 0 aliphatic heterocycles. The van der Waals surface area contributed by atoms with Crippen LogP contribution in [0.4, 0.5) is 0 Å². The number of carbonyl (C=O) groups excluding carboxylic acids is 2. The first kappa shape index (κ1) is 27.4. The lowest BCUT2D eigenvalue weighted by atomic mass is 10.0. The molecule has 0 saturated carbocycles. The third kappa shape index (κ3) is 7.33. The van der Waals surface area contributed by atoms with Crippen molar-refractivity contribution in [1.29, 1.82) is 0 Å². The van der Waals surface area contributed by atoms with E-state index >= 15 is 0 Å². The second-order valence-electron chi connectivity index (χ2n) is 7.42. The fraction of sp³-hybridized carbons (Fsp3) is 0.417. The zero-order valence-electron chi connectivity index (χ0n) is 19.6. The van der Waals surface area contributed by atoms with Gasteiger partial charge < -0.3 is 29.4 Å². The molecule has 0 heterocycles. The van der Waals surface area contributed by atoms with Crippen LogP contribution in [-0.2, 0) is 22.4 Å². The van der Waals surface area contributed by atoms with Crippen molar-refractivity contribution in [3.8, 4) is 28.7 Å². The summed E-state index contributed by atoms with van der Waals surface area (Å²) in [6.45, 7) is 0. The predicted octanol–water partition coefficient (Wildman–Crippen LogP) is 4.24. The zero-order valence-corrected chi connectivity index (χ0v) is 21.1. The molecular formula is C24H29Cl2NO7. The van der Waals surface area contributed by atoms with Crippen molar-refractivity contribution in [1.82, 2.24) is 0 Å². The Balaban J connectivity index is 2.08. The molecule has 2 rings (SSSR count). The summed E-state index contributed by atoms with van der Waals surface area (Å²) < 4.78 is 25.3. The van der Waals surface area contributed by atoms with Gasteiger partial charge >= 0.3 is 5.97 Å². The van der Waals surface area contributed by atoms with Crippen LogP contribution in [-0.4, -0.2) is 44.6 Å². The molecule has 0 aromatic heterocycles. The van der Waals surface area contributed by atoms with Gasteiger partial charge in [0.2, 0.25) is 5.75 Å². The number of ether oxygens (including phenoxy) is 5. The van der Waals surface area contributed by atoms with Gasteiger partial charge in [-0.25, -0.2) is 0 Å². The third-order valence-corrected chi connectivity index (χ3v) is 5.86. The number of amides is 1. The van der Waals surface area contributed by atoms with E-state index in [1.807, 2.05) is 18.2 Å². The fourth-order valence-corrected chi connectivity index (χ4v) is 3.54. The van der Waals surface area contributed by atoms with Crippen molar-refractivity contribution >= 4 is 35.1 Å². The van der Waals surface area contributed by atoms with Gasteiger partial charge in [-0.05, 0) is 61.1 Å². The van der Waals surface area contributed by atoms with Gasteiger partial charge in [0.1, 0.15) is 0 Å². The largest absolute Gasteiger partial charge is 0.493 e. The third-order valence-electron chi connectivity index (χ3n) is 5.11. The summed E-state index contributed by atoms with van der Waals surface area (Å²) in [5.41, 5.74) is 7.05. The minimum atomic E-state index is -1.72. The van der Waals surface area contributed by atoms with E-state index in [9.17, 15) is 9.59 Å². The summed E-state index contributed by atoms with van der Waals surface area (Å²) >= 11 is 11.6. The highest BCUT2D eigenvalue weighted by molar-refractivity contribution is 6.57. The molecule has 0 unspecified atom stereocenters. The lowest BCUT2D eigenvalue weighted by Gasteiger charge is -2.15. The lowest BCUT2D eigenvalue weighted by Crippen LogP contribution is -2.33. The molecule has 0 aliphatic carbocycles. The highest BCUT2D eigenvalue weighted by Crippen LogP contribution is 2.38. The van der Waals surface area contributed by atoms with Crippen LogP contribution in [0.3, 0.4) is 0 Å². The summed E-state index contributed by atoms with van der Waals surface area (Å²) in [5.74, 6) is 1.05. The van der Waals surface area contributed by atoms with Crippen LogP contribution in [0, 0.1) is 0 Å². The van der Waals surface area contributed by atoms with E-state index in [-0.39, 0.29) is 19.3 Å². The molecule has 2 aromatic rings. The molecule has 2 N–H and O–H groups in total. The molecule has 0 fully saturated rings. The minimum absolute atomic E-state index is 0.00723. The molecule has 186 valence electrons. The number of hydrogen-bond donors (Lipinski definition) is 1. The quantitative estimate of drug-likeness (QED) is 0.242. The number of halogens is 2. The number of rotatable bonds is 13. The Bertz CT molecular complexity index is 986. The van der Waals surface area contributed by atoms with E-state index in [1.54, 1.807) is 33.5 Å². The monoisotopic (exact) mass is 513 g/mol. The SMILES string of the molecule is COc1ccc(CCc2cc(OC)c(OC)c(OC)c2)cc1OC(=O)CCCC(Cl)(Cl)C(N)=O. The first-order valence-corrected chi connectivity index (χ1v) is 11.2. The van der Waals surface area contributed by atoms with E-state index in [4.69, 9.17) is 52.6 Å². The summed E-state index contributed by atoms with van der Waals surface area (Å²) in [4.78, 5) is 23.5. The number of carbonyl (C=O) groups is 2. The van der Waals surface area contributed by atoms with Gasteiger partial charge in [-0.3, -0.25) is 9.59 Å². The highest BCUT2D eigenvalue weighted by Gasteiger charge is 2.30. The Morgan fingerprint density at radius 3 is 1.91 bits per heavy atom. The van der Waals surface area contributed by atoms with Crippen molar-refractivity contribution in [2.24, 2.45) is 5.73 Å². The number of aryl methyl sites for hydroxylation is 2. The molecular weight excluding hydrogens is 485 g/mol. The summed E-state index contributed by atoms with van der Waals surface area (Å²) in [7, 11) is 6.18. The Hall–Kier alpha value is -2.84. The first-order chi connectivity index (χ1) is 16.1. The van der Waals surface area contributed by atoms with Gasteiger partial charge in [0.25, 0.3) is 5.91 Å². The van der Waals surface area contributed by atoms with E-state index in [1.165, 1.54) is 7.11 Å². The van der Waals surface area contributed by atoms with Crippen LogP contribution in [0.15, 0.2) is 30.3 Å². The average molecular weight is 514 g/mol. The summed E-state index contributed by atoms with van der Waals surface area (Å²) in [6.07, 6.45) is 1.61. The highest BCUT2D eigenvalue weighted by atomic mass is 35.5. The molecule has 0 aliphatic rings. The Morgan fingerprint density at radius 2 is 1.38 bits per heavy atom. The fourth-order valence-electron chi connectivity index (χ4n) is 3.28. The number of methoxy groups -OCH3 is 4. The predicted molar refractivity (Wildman–Crippen MR) is 130 cm³/mol. The molecule has 34 heavy (non-hydrogen) atoms. The van der Waals surface area contributed by atoms with Crippen LogP contribution in [0.5, 0.6) is 28.7 Å². The van der Waals surface area contributed by atoms with Crippen LogP contribution < -0.4 is 29.4 Å². The van der Waals surface area contributed by atoms with Crippen molar-refractivity contribution in [2.75, 3.05) is 28.4 Å². The van der Waals surface area contributed by atoms with Gasteiger partial charge in [-0.15, -0.1) is 0 Å². The molecule has 0 atom stereocenters. The number of nitrogens with two attached hydrogens (primary N) is 1. The Labute approximate surface area is 209 Å². The maximum Gasteiger partial charge on any atom is 0.311 e. The van der Waals surface area contributed by atoms with E-state index < -0.39 is 16.2 Å². The topological polar surface area (TPSA) is 106 Å². The molecule has 0 spiro atoms. The summed E-state index contributed by atoms with van der Waals surface area (Å²) in [6, 6.07) is 9.18. The maximum atomic E-state index is 12.3. The van der Waals surface area contributed by atoms with E-state index in [2.05, 4.69) is 0 Å². The van der Waals surface area contributed by atoms with Gasteiger partial charge in [0.15, 0.2) is 27.3 Å². The first-order valence-electron chi connectivity index (χ1n) is 10.5. The molecule has 0 saturated heterocycles. The van der Waals surface area contributed by atoms with Gasteiger partial charge in [0.05, 0.1) is 28.4 Å². The van der Waals surface area contributed by atoms with Gasteiger partial charge in [-0.1, -0.05) is 29.3 Å².